The Morgan fingerprint density at radius 1 is 1.07 bits per heavy atom. The highest BCUT2D eigenvalue weighted by Gasteiger charge is 2.23. The summed E-state index contributed by atoms with van der Waals surface area (Å²) < 4.78 is 0. The van der Waals surface area contributed by atoms with Crippen LogP contribution < -0.4 is 4.90 Å². The van der Waals surface area contributed by atoms with Crippen molar-refractivity contribution in [3.8, 4) is 0 Å². The number of para-hydroxylation sites is 1. The summed E-state index contributed by atoms with van der Waals surface area (Å²) in [5.41, 5.74) is 4.01. The molecule has 2 aromatic carbocycles. The van der Waals surface area contributed by atoms with Crippen LogP contribution in [0.4, 0.5) is 11.5 Å². The van der Waals surface area contributed by atoms with Gasteiger partial charge >= 0.3 is 0 Å². The second-order valence-electron chi connectivity index (χ2n) is 6.60. The first-order chi connectivity index (χ1) is 13.3. The lowest BCUT2D eigenvalue weighted by atomic mass is 10.2. The van der Waals surface area contributed by atoms with Crippen LogP contribution in [0.1, 0.15) is 28.5 Å². The Morgan fingerprint density at radius 2 is 1.85 bits per heavy atom. The molecule has 0 atom stereocenters. The van der Waals surface area contributed by atoms with Crippen LogP contribution in [0.15, 0.2) is 67.0 Å². The highest BCUT2D eigenvalue weighted by Crippen LogP contribution is 2.33. The predicted octanol–water partition coefficient (Wildman–Crippen LogP) is 3.83. The molecule has 27 heavy (non-hydrogen) atoms. The van der Waals surface area contributed by atoms with Crippen LogP contribution in [0.3, 0.4) is 0 Å². The van der Waals surface area contributed by atoms with Crippen molar-refractivity contribution in [2.24, 2.45) is 0 Å². The van der Waals surface area contributed by atoms with Gasteiger partial charge in [-0.05, 0) is 30.5 Å². The number of benzene rings is 2. The monoisotopic (exact) mass is 358 g/mol. The minimum absolute atomic E-state index is 0.0718. The predicted molar refractivity (Wildman–Crippen MR) is 106 cm³/mol. The molecule has 1 amide bonds. The topological polar surface area (TPSA) is 49.3 Å². The quantitative estimate of drug-likeness (QED) is 0.695. The van der Waals surface area contributed by atoms with Gasteiger partial charge in [-0.1, -0.05) is 48.5 Å². The van der Waals surface area contributed by atoms with E-state index in [9.17, 15) is 4.79 Å². The number of aromatic nitrogens is 2. The highest BCUT2D eigenvalue weighted by molar-refractivity contribution is 5.93. The zero-order chi connectivity index (χ0) is 18.6. The Labute approximate surface area is 159 Å². The SMILES string of the molecule is CCN(Cc1ccccc1)C(=O)c1cc(N2CCc3ccccc32)ncn1. The zero-order valence-corrected chi connectivity index (χ0v) is 15.4. The van der Waals surface area contributed by atoms with E-state index < -0.39 is 0 Å². The number of carbonyl (C=O) groups is 1. The first-order valence-electron chi connectivity index (χ1n) is 9.27. The van der Waals surface area contributed by atoms with Crippen LogP contribution in [-0.2, 0) is 13.0 Å². The van der Waals surface area contributed by atoms with Gasteiger partial charge in [0.2, 0.25) is 0 Å². The van der Waals surface area contributed by atoms with E-state index >= 15 is 0 Å². The summed E-state index contributed by atoms with van der Waals surface area (Å²) in [4.78, 5) is 25.6. The Bertz CT molecular complexity index is 942. The molecule has 2 heterocycles. The maximum atomic E-state index is 13.0. The number of amides is 1. The number of hydrogen-bond donors (Lipinski definition) is 0. The number of rotatable bonds is 5. The Morgan fingerprint density at radius 3 is 2.67 bits per heavy atom. The van der Waals surface area contributed by atoms with E-state index in [0.29, 0.717) is 18.8 Å². The summed E-state index contributed by atoms with van der Waals surface area (Å²) in [5, 5.41) is 0. The first-order valence-corrected chi connectivity index (χ1v) is 9.27. The molecule has 0 spiro atoms. The number of carbonyl (C=O) groups excluding carboxylic acids is 1. The Balaban J connectivity index is 1.58. The fourth-order valence-electron chi connectivity index (χ4n) is 3.48. The van der Waals surface area contributed by atoms with E-state index in [0.717, 1.165) is 30.0 Å². The third-order valence-electron chi connectivity index (χ3n) is 4.92. The first kappa shape index (κ1) is 17.2. The van der Waals surface area contributed by atoms with E-state index in [2.05, 4.69) is 33.1 Å². The van der Waals surface area contributed by atoms with E-state index in [1.807, 2.05) is 43.3 Å². The summed E-state index contributed by atoms with van der Waals surface area (Å²) >= 11 is 0. The lowest BCUT2D eigenvalue weighted by Gasteiger charge is -2.22. The lowest BCUT2D eigenvalue weighted by Crippen LogP contribution is -2.31. The molecular formula is C22H22N4O. The van der Waals surface area contributed by atoms with Gasteiger partial charge in [-0.2, -0.15) is 0 Å². The maximum Gasteiger partial charge on any atom is 0.272 e. The van der Waals surface area contributed by atoms with Crippen LogP contribution >= 0.6 is 0 Å². The molecule has 1 aliphatic rings. The Hall–Kier alpha value is -3.21. The van der Waals surface area contributed by atoms with Gasteiger partial charge in [0.1, 0.15) is 17.8 Å². The summed E-state index contributed by atoms with van der Waals surface area (Å²) in [5.74, 6) is 0.701. The molecule has 0 fully saturated rings. The molecule has 1 aromatic heterocycles. The molecule has 4 rings (SSSR count). The van der Waals surface area contributed by atoms with Crippen molar-refractivity contribution < 1.29 is 4.79 Å². The van der Waals surface area contributed by atoms with Crippen molar-refractivity contribution in [1.82, 2.24) is 14.9 Å². The third kappa shape index (κ3) is 3.53. The van der Waals surface area contributed by atoms with Crippen LogP contribution in [0.2, 0.25) is 0 Å². The van der Waals surface area contributed by atoms with E-state index in [4.69, 9.17) is 0 Å². The lowest BCUT2D eigenvalue weighted by molar-refractivity contribution is 0.0746. The van der Waals surface area contributed by atoms with E-state index in [1.54, 1.807) is 11.0 Å². The van der Waals surface area contributed by atoms with Crippen molar-refractivity contribution in [2.45, 2.75) is 19.9 Å². The smallest absolute Gasteiger partial charge is 0.272 e. The maximum absolute atomic E-state index is 13.0. The number of anilines is 2. The number of fused-ring (bicyclic) bond motifs is 1. The number of hydrogen-bond acceptors (Lipinski definition) is 4. The van der Waals surface area contributed by atoms with Gasteiger partial charge in [-0.25, -0.2) is 9.97 Å². The summed E-state index contributed by atoms with van der Waals surface area (Å²) in [7, 11) is 0. The van der Waals surface area contributed by atoms with Gasteiger partial charge in [-0.3, -0.25) is 4.79 Å². The molecular weight excluding hydrogens is 336 g/mol. The minimum atomic E-state index is -0.0718. The largest absolute Gasteiger partial charge is 0.333 e. The molecule has 0 saturated carbocycles. The van der Waals surface area contributed by atoms with Gasteiger partial charge in [0.05, 0.1) is 0 Å². The molecule has 0 radical (unpaired) electrons. The Kier molecular flexibility index (Phi) is 4.83. The van der Waals surface area contributed by atoms with Gasteiger partial charge in [0.15, 0.2) is 0 Å². The van der Waals surface area contributed by atoms with Gasteiger partial charge in [-0.15, -0.1) is 0 Å². The van der Waals surface area contributed by atoms with Crippen molar-refractivity contribution in [3.05, 3.63) is 83.8 Å². The van der Waals surface area contributed by atoms with Crippen LogP contribution in [0.5, 0.6) is 0 Å². The molecule has 3 aromatic rings. The van der Waals surface area contributed by atoms with Crippen molar-refractivity contribution >= 4 is 17.4 Å². The van der Waals surface area contributed by atoms with Gasteiger partial charge < -0.3 is 9.80 Å². The fourth-order valence-corrected chi connectivity index (χ4v) is 3.48. The van der Waals surface area contributed by atoms with Gasteiger partial charge in [0.25, 0.3) is 5.91 Å². The third-order valence-corrected chi connectivity index (χ3v) is 4.92. The zero-order valence-electron chi connectivity index (χ0n) is 15.4. The second kappa shape index (κ2) is 7.58. The van der Waals surface area contributed by atoms with Crippen LogP contribution in [0, 0.1) is 0 Å². The molecule has 0 N–H and O–H groups in total. The van der Waals surface area contributed by atoms with Gasteiger partial charge in [0, 0.05) is 31.4 Å². The molecule has 0 unspecified atom stereocenters. The second-order valence-corrected chi connectivity index (χ2v) is 6.60. The molecule has 5 heteroatoms. The molecule has 136 valence electrons. The van der Waals surface area contributed by atoms with Crippen molar-refractivity contribution in [1.29, 1.82) is 0 Å². The average molecular weight is 358 g/mol. The van der Waals surface area contributed by atoms with Crippen molar-refractivity contribution in [2.75, 3.05) is 18.0 Å². The molecule has 0 bridgehead atoms. The summed E-state index contributed by atoms with van der Waals surface area (Å²) in [6.07, 6.45) is 2.47. The minimum Gasteiger partial charge on any atom is -0.333 e. The fraction of sp³-hybridized carbons (Fsp3) is 0.227. The normalized spacial score (nSPS) is 12.7. The van der Waals surface area contributed by atoms with E-state index in [1.165, 1.54) is 11.9 Å². The van der Waals surface area contributed by atoms with Crippen LogP contribution in [0.25, 0.3) is 0 Å². The molecule has 0 aliphatic carbocycles. The molecule has 0 saturated heterocycles. The average Bonchev–Trinajstić information content (AvgIpc) is 3.16. The summed E-state index contributed by atoms with van der Waals surface area (Å²) in [6, 6.07) is 20.1. The van der Waals surface area contributed by atoms with Crippen LogP contribution in [-0.4, -0.2) is 33.9 Å². The number of nitrogens with zero attached hydrogens (tertiary/aromatic N) is 4. The highest BCUT2D eigenvalue weighted by atomic mass is 16.2. The molecule has 1 aliphatic heterocycles. The summed E-state index contributed by atoms with van der Waals surface area (Å²) in [6.45, 7) is 4.05. The standard InChI is InChI=1S/C22H22N4O/c1-2-25(15-17-8-4-3-5-9-17)22(27)19-14-21(24-16-23-19)26-13-12-18-10-6-7-11-20(18)26/h3-11,14,16H,2,12-13,15H2,1H3. The molecule has 5 nitrogen and oxygen atoms in total. The van der Waals surface area contributed by atoms with Crippen molar-refractivity contribution in [3.63, 3.8) is 0 Å². The van der Waals surface area contributed by atoms with E-state index in [-0.39, 0.29) is 5.91 Å².